The van der Waals surface area contributed by atoms with Crippen LogP contribution in [0.3, 0.4) is 0 Å². The molecule has 0 aromatic heterocycles. The van der Waals surface area contributed by atoms with Crippen LogP contribution in [0.1, 0.15) is 21.5 Å². The molecule has 4 aromatic rings. The molecule has 0 amide bonds. The molecular weight excluding hydrogens is 400 g/mol. The Kier molecular flexibility index (Phi) is 6.48. The summed E-state index contributed by atoms with van der Waals surface area (Å²) in [5.41, 5.74) is 3.73. The Labute approximate surface area is 186 Å². The molecule has 0 saturated carbocycles. The van der Waals surface area contributed by atoms with Crippen LogP contribution < -0.4 is 4.74 Å². The van der Waals surface area contributed by atoms with Gasteiger partial charge in [-0.2, -0.15) is 0 Å². The highest BCUT2D eigenvalue weighted by atomic mass is 16.5. The topological polar surface area (TPSA) is 71.2 Å². The molecule has 5 nitrogen and oxygen atoms in total. The first-order chi connectivity index (χ1) is 15.7. The van der Waals surface area contributed by atoms with Crippen molar-refractivity contribution in [2.45, 2.75) is 0 Å². The summed E-state index contributed by atoms with van der Waals surface area (Å²) in [6.45, 7) is 0. The maximum atomic E-state index is 10.9. The summed E-state index contributed by atoms with van der Waals surface area (Å²) in [7, 11) is 0. The molecule has 0 radical (unpaired) electrons. The number of rotatable bonds is 7. The molecule has 0 aliphatic carbocycles. The van der Waals surface area contributed by atoms with E-state index >= 15 is 0 Å². The number of benzene rings is 4. The number of ether oxygens (including phenoxy) is 1. The highest BCUT2D eigenvalue weighted by Crippen LogP contribution is 2.24. The van der Waals surface area contributed by atoms with Gasteiger partial charge in [0.2, 0.25) is 0 Å². The normalized spacial score (nSPS) is 11.1. The summed E-state index contributed by atoms with van der Waals surface area (Å²) in [5.74, 6) is 0.489. The maximum absolute atomic E-state index is 10.9. The lowest BCUT2D eigenvalue weighted by Crippen LogP contribution is -1.94. The van der Waals surface area contributed by atoms with Gasteiger partial charge in [-0.05, 0) is 83.9 Å². The monoisotopic (exact) mass is 420 g/mol. The van der Waals surface area contributed by atoms with Gasteiger partial charge in [0.05, 0.1) is 16.9 Å². The molecule has 1 N–H and O–H groups in total. The smallest absolute Gasteiger partial charge is 0.335 e. The Hall–Kier alpha value is -4.51. The molecule has 5 heteroatoms. The molecule has 4 rings (SSSR count). The molecule has 0 heterocycles. The maximum Gasteiger partial charge on any atom is 0.335 e. The first-order valence-electron chi connectivity index (χ1n) is 10.0. The Morgan fingerprint density at radius 1 is 0.625 bits per heavy atom. The molecule has 0 fully saturated rings. The number of hydrogen-bond donors (Lipinski definition) is 1. The van der Waals surface area contributed by atoms with Crippen molar-refractivity contribution in [2.75, 3.05) is 0 Å². The zero-order valence-electron chi connectivity index (χ0n) is 17.1. The Balaban J connectivity index is 1.35. The van der Waals surface area contributed by atoms with Gasteiger partial charge in [-0.3, -0.25) is 9.98 Å². The van der Waals surface area contributed by atoms with Crippen molar-refractivity contribution in [2.24, 2.45) is 9.98 Å². The van der Waals surface area contributed by atoms with Crippen LogP contribution in [0.25, 0.3) is 0 Å². The SMILES string of the molecule is O=C(O)c1ccc(N=Cc2ccc(Oc3ccc(N=Cc4ccccc4)cc3)cc2)cc1. The lowest BCUT2D eigenvalue weighted by Gasteiger charge is -2.06. The van der Waals surface area contributed by atoms with Gasteiger partial charge in [-0.1, -0.05) is 30.3 Å². The molecule has 4 aromatic carbocycles. The first kappa shape index (κ1) is 20.8. The highest BCUT2D eigenvalue weighted by Gasteiger charge is 2.01. The summed E-state index contributed by atoms with van der Waals surface area (Å²) in [4.78, 5) is 19.7. The molecule has 156 valence electrons. The van der Waals surface area contributed by atoms with Crippen LogP contribution in [-0.4, -0.2) is 23.5 Å². The third-order valence-corrected chi connectivity index (χ3v) is 4.59. The van der Waals surface area contributed by atoms with Crippen LogP contribution in [0.5, 0.6) is 11.5 Å². The van der Waals surface area contributed by atoms with Crippen LogP contribution in [0.4, 0.5) is 11.4 Å². The standard InChI is InChI=1S/C27H20N2O3/c30-27(31)22-8-10-23(11-9-22)29-19-21-6-14-25(15-7-21)32-26-16-12-24(13-17-26)28-18-20-4-2-1-3-5-20/h1-19H,(H,30,31). The minimum atomic E-state index is -0.953. The van der Waals surface area contributed by atoms with Crippen LogP contribution in [0, 0.1) is 0 Å². The van der Waals surface area contributed by atoms with Gasteiger partial charge in [0.15, 0.2) is 0 Å². The lowest BCUT2D eigenvalue weighted by atomic mass is 10.2. The van der Waals surface area contributed by atoms with E-state index < -0.39 is 5.97 Å². The van der Waals surface area contributed by atoms with E-state index in [9.17, 15) is 4.79 Å². The number of carboxylic acid groups (broad SMARTS) is 1. The number of aromatic carboxylic acids is 1. The van der Waals surface area contributed by atoms with E-state index in [1.165, 1.54) is 12.1 Å². The second kappa shape index (κ2) is 10.00. The van der Waals surface area contributed by atoms with E-state index in [2.05, 4.69) is 9.98 Å². The van der Waals surface area contributed by atoms with Crippen LogP contribution in [-0.2, 0) is 0 Å². The van der Waals surface area contributed by atoms with Gasteiger partial charge in [0.25, 0.3) is 0 Å². The zero-order valence-corrected chi connectivity index (χ0v) is 17.1. The molecule has 0 aliphatic rings. The van der Waals surface area contributed by atoms with Gasteiger partial charge in [0, 0.05) is 12.4 Å². The summed E-state index contributed by atoms with van der Waals surface area (Å²) in [6, 6.07) is 31.5. The largest absolute Gasteiger partial charge is 0.478 e. The molecule has 0 atom stereocenters. The number of hydrogen-bond acceptors (Lipinski definition) is 4. The number of aliphatic imine (C=N–C) groups is 2. The summed E-state index contributed by atoms with van der Waals surface area (Å²) < 4.78 is 5.90. The second-order valence-corrected chi connectivity index (χ2v) is 6.94. The van der Waals surface area contributed by atoms with Crippen molar-refractivity contribution in [1.29, 1.82) is 0 Å². The van der Waals surface area contributed by atoms with E-state index in [1.54, 1.807) is 18.3 Å². The Bertz CT molecular complexity index is 1230. The Morgan fingerprint density at radius 2 is 1.09 bits per heavy atom. The molecule has 0 aliphatic heterocycles. The van der Waals surface area contributed by atoms with Crippen molar-refractivity contribution >= 4 is 29.8 Å². The third kappa shape index (κ3) is 5.77. The second-order valence-electron chi connectivity index (χ2n) is 6.94. The third-order valence-electron chi connectivity index (χ3n) is 4.59. The number of carboxylic acids is 1. The summed E-state index contributed by atoms with van der Waals surface area (Å²) in [6.07, 6.45) is 3.55. The van der Waals surface area contributed by atoms with E-state index in [0.29, 0.717) is 11.4 Å². The van der Waals surface area contributed by atoms with Crippen molar-refractivity contribution in [3.05, 3.63) is 120 Å². The fourth-order valence-corrected chi connectivity index (χ4v) is 2.89. The summed E-state index contributed by atoms with van der Waals surface area (Å²) in [5, 5.41) is 8.94. The fraction of sp³-hybridized carbons (Fsp3) is 0. The number of carbonyl (C=O) groups is 1. The quantitative estimate of drug-likeness (QED) is 0.339. The van der Waals surface area contributed by atoms with Crippen LogP contribution in [0.15, 0.2) is 113 Å². The lowest BCUT2D eigenvalue weighted by molar-refractivity contribution is 0.0697. The van der Waals surface area contributed by atoms with Crippen molar-refractivity contribution < 1.29 is 14.6 Å². The van der Waals surface area contributed by atoms with E-state index in [0.717, 1.165) is 22.6 Å². The average molecular weight is 420 g/mol. The van der Waals surface area contributed by atoms with Crippen LogP contribution in [0.2, 0.25) is 0 Å². The number of nitrogens with zero attached hydrogens (tertiary/aromatic N) is 2. The molecule has 0 spiro atoms. The van der Waals surface area contributed by atoms with Crippen molar-refractivity contribution in [3.8, 4) is 11.5 Å². The van der Waals surface area contributed by atoms with Gasteiger partial charge < -0.3 is 9.84 Å². The van der Waals surface area contributed by atoms with Gasteiger partial charge in [-0.15, -0.1) is 0 Å². The van der Waals surface area contributed by atoms with E-state index in [-0.39, 0.29) is 5.56 Å². The van der Waals surface area contributed by atoms with Gasteiger partial charge in [0.1, 0.15) is 11.5 Å². The van der Waals surface area contributed by atoms with Crippen molar-refractivity contribution in [3.63, 3.8) is 0 Å². The van der Waals surface area contributed by atoms with E-state index in [1.807, 2.05) is 85.1 Å². The fourth-order valence-electron chi connectivity index (χ4n) is 2.89. The molecule has 32 heavy (non-hydrogen) atoms. The molecule has 0 saturated heterocycles. The molecule has 0 unspecified atom stereocenters. The van der Waals surface area contributed by atoms with Crippen LogP contribution >= 0.6 is 0 Å². The zero-order chi connectivity index (χ0) is 22.2. The predicted molar refractivity (Wildman–Crippen MR) is 127 cm³/mol. The molecule has 0 bridgehead atoms. The minimum Gasteiger partial charge on any atom is -0.478 e. The highest BCUT2D eigenvalue weighted by molar-refractivity contribution is 5.88. The predicted octanol–water partition coefficient (Wildman–Crippen LogP) is 6.68. The van der Waals surface area contributed by atoms with Gasteiger partial charge >= 0.3 is 5.97 Å². The average Bonchev–Trinajstić information content (AvgIpc) is 2.84. The first-order valence-corrected chi connectivity index (χ1v) is 10.0. The van der Waals surface area contributed by atoms with E-state index in [4.69, 9.17) is 9.84 Å². The molecular formula is C27H20N2O3. The Morgan fingerprint density at radius 3 is 1.62 bits per heavy atom. The van der Waals surface area contributed by atoms with Gasteiger partial charge in [-0.25, -0.2) is 4.79 Å². The summed E-state index contributed by atoms with van der Waals surface area (Å²) >= 11 is 0. The minimum absolute atomic E-state index is 0.237. The van der Waals surface area contributed by atoms with Crippen molar-refractivity contribution in [1.82, 2.24) is 0 Å².